The zero-order valence-corrected chi connectivity index (χ0v) is 8.66. The van der Waals surface area contributed by atoms with E-state index >= 15 is 0 Å². The van der Waals surface area contributed by atoms with Crippen molar-refractivity contribution < 1.29 is 8.78 Å². The Morgan fingerprint density at radius 3 is 2.81 bits per heavy atom. The number of nitrogens with zero attached hydrogens (tertiary/aromatic N) is 1. The number of hydrogen-bond donors (Lipinski definition) is 1. The van der Waals surface area contributed by atoms with Crippen LogP contribution < -0.4 is 5.73 Å². The van der Waals surface area contributed by atoms with Crippen molar-refractivity contribution in [3.8, 4) is 0 Å². The van der Waals surface area contributed by atoms with Crippen molar-refractivity contribution in [2.75, 3.05) is 6.54 Å². The van der Waals surface area contributed by atoms with Crippen LogP contribution in [0.3, 0.4) is 0 Å². The first-order chi connectivity index (χ1) is 7.61. The second-order valence-electron chi connectivity index (χ2n) is 3.77. The number of pyridine rings is 1. The van der Waals surface area contributed by atoms with Gasteiger partial charge in [0.25, 0.3) is 5.92 Å². The number of halogens is 2. The quantitative estimate of drug-likeness (QED) is 0.865. The van der Waals surface area contributed by atoms with Gasteiger partial charge >= 0.3 is 0 Å². The van der Waals surface area contributed by atoms with Gasteiger partial charge in [-0.15, -0.1) is 0 Å². The Balaban J connectivity index is 2.33. The zero-order chi connectivity index (χ0) is 11.6. The summed E-state index contributed by atoms with van der Waals surface area (Å²) in [5.41, 5.74) is 6.39. The molecule has 0 saturated heterocycles. The van der Waals surface area contributed by atoms with Crippen molar-refractivity contribution in [3.63, 3.8) is 0 Å². The van der Waals surface area contributed by atoms with E-state index in [0.29, 0.717) is 5.56 Å². The van der Waals surface area contributed by atoms with Gasteiger partial charge in [0.2, 0.25) is 0 Å². The summed E-state index contributed by atoms with van der Waals surface area (Å²) in [4.78, 5) is 4.13. The third-order valence-corrected chi connectivity index (χ3v) is 2.43. The van der Waals surface area contributed by atoms with Crippen molar-refractivity contribution in [1.82, 2.24) is 4.98 Å². The van der Waals surface area contributed by atoms with Crippen LogP contribution in [0.25, 0.3) is 10.9 Å². The maximum atomic E-state index is 13.1. The smallest absolute Gasteiger partial charge is 0.264 e. The Bertz CT molecular complexity index is 497. The molecule has 0 aliphatic rings. The lowest BCUT2D eigenvalue weighted by Crippen LogP contribution is -2.30. The van der Waals surface area contributed by atoms with Gasteiger partial charge in [-0.25, -0.2) is 8.78 Å². The molecule has 0 aliphatic heterocycles. The van der Waals surface area contributed by atoms with E-state index < -0.39 is 12.5 Å². The predicted molar refractivity (Wildman–Crippen MR) is 59.4 cm³/mol. The van der Waals surface area contributed by atoms with Crippen molar-refractivity contribution in [1.29, 1.82) is 0 Å². The second-order valence-corrected chi connectivity index (χ2v) is 3.77. The zero-order valence-electron chi connectivity index (χ0n) is 8.66. The third kappa shape index (κ3) is 2.33. The highest BCUT2D eigenvalue weighted by atomic mass is 19.3. The number of hydrogen-bond acceptors (Lipinski definition) is 2. The minimum Gasteiger partial charge on any atom is -0.325 e. The first-order valence-electron chi connectivity index (χ1n) is 5.02. The van der Waals surface area contributed by atoms with Gasteiger partial charge in [0.15, 0.2) is 0 Å². The first kappa shape index (κ1) is 11.0. The van der Waals surface area contributed by atoms with E-state index in [1.54, 1.807) is 30.5 Å². The van der Waals surface area contributed by atoms with Crippen molar-refractivity contribution in [3.05, 3.63) is 42.1 Å². The first-order valence-corrected chi connectivity index (χ1v) is 5.02. The summed E-state index contributed by atoms with van der Waals surface area (Å²) in [5.74, 6) is -2.84. The Hall–Kier alpha value is -1.55. The molecule has 0 spiro atoms. The van der Waals surface area contributed by atoms with Crippen LogP contribution in [-0.2, 0) is 6.42 Å². The van der Waals surface area contributed by atoms with Crippen molar-refractivity contribution in [2.24, 2.45) is 5.73 Å². The molecule has 2 aromatic rings. The van der Waals surface area contributed by atoms with Crippen LogP contribution in [0, 0.1) is 0 Å². The molecular formula is C12H12F2N2. The average molecular weight is 222 g/mol. The summed E-state index contributed by atoms with van der Waals surface area (Å²) in [7, 11) is 0. The maximum Gasteiger partial charge on any atom is 0.264 e. The van der Waals surface area contributed by atoms with Gasteiger partial charge in [0.1, 0.15) is 0 Å². The van der Waals surface area contributed by atoms with Gasteiger partial charge in [-0.2, -0.15) is 0 Å². The molecule has 0 amide bonds. The second kappa shape index (κ2) is 4.14. The van der Waals surface area contributed by atoms with E-state index in [1.165, 1.54) is 0 Å². The summed E-state index contributed by atoms with van der Waals surface area (Å²) in [6.45, 7) is -0.627. The fourth-order valence-corrected chi connectivity index (χ4v) is 1.61. The molecule has 16 heavy (non-hydrogen) atoms. The van der Waals surface area contributed by atoms with E-state index in [-0.39, 0.29) is 6.42 Å². The van der Waals surface area contributed by atoms with Crippen molar-refractivity contribution in [2.45, 2.75) is 12.3 Å². The summed E-state index contributed by atoms with van der Waals surface area (Å²) in [6.07, 6.45) is 1.35. The van der Waals surface area contributed by atoms with E-state index in [9.17, 15) is 8.78 Å². The summed E-state index contributed by atoms with van der Waals surface area (Å²) in [5, 5.41) is 0.868. The Morgan fingerprint density at radius 1 is 1.25 bits per heavy atom. The van der Waals surface area contributed by atoms with Gasteiger partial charge in [0, 0.05) is 18.0 Å². The Labute approximate surface area is 92.1 Å². The molecule has 2 rings (SSSR count). The number of rotatable bonds is 3. The molecule has 84 valence electrons. The molecule has 2 nitrogen and oxygen atoms in total. The highest BCUT2D eigenvalue weighted by molar-refractivity contribution is 5.78. The van der Waals surface area contributed by atoms with E-state index in [2.05, 4.69) is 4.98 Å². The molecule has 1 aromatic heterocycles. The molecule has 0 aliphatic carbocycles. The molecule has 1 aromatic carbocycles. The van der Waals surface area contributed by atoms with Gasteiger partial charge in [-0.3, -0.25) is 4.98 Å². The van der Waals surface area contributed by atoms with Crippen LogP contribution >= 0.6 is 0 Å². The number of benzene rings is 1. The number of fused-ring (bicyclic) bond motifs is 1. The largest absolute Gasteiger partial charge is 0.325 e. The van der Waals surface area contributed by atoms with Gasteiger partial charge in [0.05, 0.1) is 12.1 Å². The summed E-state index contributed by atoms with van der Waals surface area (Å²) >= 11 is 0. The Morgan fingerprint density at radius 2 is 2.06 bits per heavy atom. The highest BCUT2D eigenvalue weighted by Gasteiger charge is 2.26. The molecule has 0 fully saturated rings. The monoisotopic (exact) mass is 222 g/mol. The molecule has 0 saturated carbocycles. The predicted octanol–water partition coefficient (Wildman–Crippen LogP) is 2.37. The standard InChI is InChI=1S/C12H12F2N2/c13-12(14,8-15)7-9-3-4-11-10(6-9)2-1-5-16-11/h1-6H,7-8,15H2. The molecular weight excluding hydrogens is 210 g/mol. The summed E-state index contributed by atoms with van der Waals surface area (Å²) < 4.78 is 26.2. The van der Waals surface area contributed by atoms with Gasteiger partial charge in [-0.05, 0) is 23.8 Å². The molecule has 4 heteroatoms. The fourth-order valence-electron chi connectivity index (χ4n) is 1.61. The molecule has 1 heterocycles. The molecule has 0 atom stereocenters. The van der Waals surface area contributed by atoms with Crippen LogP contribution in [0.15, 0.2) is 36.5 Å². The van der Waals surface area contributed by atoms with Crippen LogP contribution in [0.1, 0.15) is 5.56 Å². The highest BCUT2D eigenvalue weighted by Crippen LogP contribution is 2.21. The lowest BCUT2D eigenvalue weighted by molar-refractivity contribution is 0.0115. The lowest BCUT2D eigenvalue weighted by Gasteiger charge is -2.13. The molecule has 0 radical (unpaired) electrons. The third-order valence-electron chi connectivity index (χ3n) is 2.43. The van der Waals surface area contributed by atoms with Gasteiger partial charge < -0.3 is 5.73 Å². The van der Waals surface area contributed by atoms with Crippen LogP contribution in [0.4, 0.5) is 8.78 Å². The van der Waals surface area contributed by atoms with E-state index in [0.717, 1.165) is 10.9 Å². The topological polar surface area (TPSA) is 38.9 Å². The number of nitrogens with two attached hydrogens (primary N) is 1. The van der Waals surface area contributed by atoms with E-state index in [4.69, 9.17) is 5.73 Å². The molecule has 0 bridgehead atoms. The van der Waals surface area contributed by atoms with Crippen LogP contribution in [0.2, 0.25) is 0 Å². The van der Waals surface area contributed by atoms with Gasteiger partial charge in [-0.1, -0.05) is 12.1 Å². The number of aromatic nitrogens is 1. The summed E-state index contributed by atoms with van der Waals surface area (Å²) in [6, 6.07) is 8.78. The molecule has 0 unspecified atom stereocenters. The van der Waals surface area contributed by atoms with Crippen LogP contribution in [-0.4, -0.2) is 17.5 Å². The Kier molecular flexibility index (Phi) is 2.83. The minimum absolute atomic E-state index is 0.325. The molecule has 2 N–H and O–H groups in total. The normalized spacial score (nSPS) is 11.9. The minimum atomic E-state index is -2.84. The van der Waals surface area contributed by atoms with Crippen LogP contribution in [0.5, 0.6) is 0 Å². The van der Waals surface area contributed by atoms with E-state index in [1.807, 2.05) is 6.07 Å². The van der Waals surface area contributed by atoms with Crippen molar-refractivity contribution >= 4 is 10.9 Å². The average Bonchev–Trinajstić information content (AvgIpc) is 2.28. The SMILES string of the molecule is NCC(F)(F)Cc1ccc2ncccc2c1. The lowest BCUT2D eigenvalue weighted by atomic mass is 10.0. The fraction of sp³-hybridized carbons (Fsp3) is 0.250. The number of alkyl halides is 2. The maximum absolute atomic E-state index is 13.1.